The maximum atomic E-state index is 13.7. The number of benzene rings is 2. The van der Waals surface area contributed by atoms with Crippen molar-refractivity contribution in [2.75, 3.05) is 6.54 Å². The van der Waals surface area contributed by atoms with Gasteiger partial charge in [-0.1, -0.05) is 59.8 Å². The van der Waals surface area contributed by atoms with Crippen LogP contribution in [0.15, 0.2) is 73.1 Å². The molecule has 8 heteroatoms. The van der Waals surface area contributed by atoms with Crippen LogP contribution in [0.1, 0.15) is 80.5 Å². The monoisotopic (exact) mass is 595 g/mol. The predicted octanol–water partition coefficient (Wildman–Crippen LogP) is 6.66. The van der Waals surface area contributed by atoms with Crippen LogP contribution in [0.2, 0.25) is 0 Å². The summed E-state index contributed by atoms with van der Waals surface area (Å²) in [6, 6.07) is 20.5. The molecule has 1 atom stereocenters. The number of aryl methyl sites for hydroxylation is 3. The highest BCUT2D eigenvalue weighted by atomic mass is 16.5. The minimum absolute atomic E-state index is 0.0919. The number of carbonyl (C=O) groups excluding carboxylic acids is 1. The lowest BCUT2D eigenvalue weighted by atomic mass is 9.72. The summed E-state index contributed by atoms with van der Waals surface area (Å²) in [5, 5.41) is 8.61. The molecule has 2 aromatic carbocycles. The Kier molecular flexibility index (Phi) is 9.49. The van der Waals surface area contributed by atoms with E-state index in [1.54, 1.807) is 6.20 Å². The van der Waals surface area contributed by atoms with E-state index in [2.05, 4.69) is 65.2 Å². The van der Waals surface area contributed by atoms with Crippen molar-refractivity contribution >= 4 is 5.97 Å². The van der Waals surface area contributed by atoms with Crippen molar-refractivity contribution in [3.05, 3.63) is 107 Å². The number of nitrogens with zero attached hydrogens (tertiary/aromatic N) is 5. The summed E-state index contributed by atoms with van der Waals surface area (Å²) in [6.45, 7) is 15.7. The van der Waals surface area contributed by atoms with Crippen LogP contribution in [-0.4, -0.2) is 43.0 Å². The molecule has 1 unspecified atom stereocenters. The van der Waals surface area contributed by atoms with E-state index < -0.39 is 5.41 Å². The molecule has 8 nitrogen and oxygen atoms in total. The second-order valence-electron chi connectivity index (χ2n) is 13.1. The first-order chi connectivity index (χ1) is 21.0. The number of fused-ring (bicyclic) bond motifs is 1. The van der Waals surface area contributed by atoms with Crippen LogP contribution < -0.4 is 4.74 Å². The third-order valence-electron chi connectivity index (χ3n) is 8.60. The van der Waals surface area contributed by atoms with Crippen molar-refractivity contribution in [1.29, 1.82) is 0 Å². The van der Waals surface area contributed by atoms with Gasteiger partial charge >= 0.3 is 5.97 Å². The van der Waals surface area contributed by atoms with Crippen LogP contribution in [0, 0.1) is 12.3 Å². The molecule has 0 N–H and O–H groups in total. The van der Waals surface area contributed by atoms with Crippen LogP contribution in [0.3, 0.4) is 0 Å². The Balaban J connectivity index is 1.42. The zero-order chi connectivity index (χ0) is 31.3. The summed E-state index contributed by atoms with van der Waals surface area (Å²) in [7, 11) is 0. The minimum atomic E-state index is -0.773. The van der Waals surface area contributed by atoms with E-state index in [1.165, 1.54) is 11.1 Å². The first-order valence-corrected chi connectivity index (χ1v) is 15.6. The molecule has 1 aliphatic rings. The number of ether oxygens (including phenoxy) is 2. The number of hydrogen-bond acceptors (Lipinski definition) is 7. The van der Waals surface area contributed by atoms with E-state index in [-0.39, 0.29) is 24.1 Å². The van der Waals surface area contributed by atoms with Crippen LogP contribution in [0.25, 0.3) is 0 Å². The normalized spacial score (nSPS) is 15.6. The Hall–Kier alpha value is -4.04. The predicted molar refractivity (Wildman–Crippen MR) is 171 cm³/mol. The highest BCUT2D eigenvalue weighted by molar-refractivity contribution is 5.77. The van der Waals surface area contributed by atoms with E-state index in [9.17, 15) is 4.79 Å². The molecule has 0 aliphatic carbocycles. The summed E-state index contributed by atoms with van der Waals surface area (Å²) >= 11 is 0. The van der Waals surface area contributed by atoms with Crippen molar-refractivity contribution in [2.45, 2.75) is 92.1 Å². The van der Waals surface area contributed by atoms with Gasteiger partial charge in [0.2, 0.25) is 5.88 Å². The molecule has 1 aliphatic heterocycles. The molecule has 4 aromatic rings. The zero-order valence-corrected chi connectivity index (χ0v) is 26.9. The topological polar surface area (TPSA) is 82.4 Å². The lowest BCUT2D eigenvalue weighted by molar-refractivity contribution is -0.157. The van der Waals surface area contributed by atoms with Crippen molar-refractivity contribution in [1.82, 2.24) is 24.9 Å². The average molecular weight is 596 g/mol. The molecule has 3 heterocycles. The van der Waals surface area contributed by atoms with Gasteiger partial charge in [0.05, 0.1) is 11.1 Å². The SMILES string of the molecule is CCn1cc(CCC(c2ccc(C)c(CN3Cc4cccnc4OC(C)(C)C3)c2)C(C)(C)C(=O)OCc2ccccc2)nn1. The third-order valence-corrected chi connectivity index (χ3v) is 8.60. The van der Waals surface area contributed by atoms with E-state index >= 15 is 0 Å². The quantitative estimate of drug-likeness (QED) is 0.179. The summed E-state index contributed by atoms with van der Waals surface area (Å²) in [4.78, 5) is 20.7. The van der Waals surface area contributed by atoms with Gasteiger partial charge in [0.25, 0.3) is 0 Å². The van der Waals surface area contributed by atoms with E-state index in [4.69, 9.17) is 9.47 Å². The molecule has 0 fully saturated rings. The summed E-state index contributed by atoms with van der Waals surface area (Å²) in [5.74, 6) is 0.410. The minimum Gasteiger partial charge on any atom is -0.470 e. The van der Waals surface area contributed by atoms with Crippen LogP contribution in [0.5, 0.6) is 5.88 Å². The summed E-state index contributed by atoms with van der Waals surface area (Å²) < 4.78 is 14.1. The van der Waals surface area contributed by atoms with Gasteiger partial charge in [0, 0.05) is 44.1 Å². The first kappa shape index (κ1) is 31.4. The molecule has 2 aromatic heterocycles. The molecule has 0 spiro atoms. The number of pyridine rings is 1. The largest absolute Gasteiger partial charge is 0.470 e. The molecule has 0 bridgehead atoms. The number of rotatable bonds is 11. The fourth-order valence-electron chi connectivity index (χ4n) is 6.09. The molecular formula is C36H45N5O3. The van der Waals surface area contributed by atoms with Gasteiger partial charge in [0.15, 0.2) is 0 Å². The maximum Gasteiger partial charge on any atom is 0.312 e. The molecule has 0 amide bonds. The van der Waals surface area contributed by atoms with Crippen LogP contribution in [-0.2, 0) is 42.2 Å². The van der Waals surface area contributed by atoms with E-state index in [0.717, 1.165) is 55.0 Å². The third kappa shape index (κ3) is 7.53. The highest BCUT2D eigenvalue weighted by Crippen LogP contribution is 2.41. The zero-order valence-electron chi connectivity index (χ0n) is 26.9. The highest BCUT2D eigenvalue weighted by Gasteiger charge is 2.39. The number of aromatic nitrogens is 4. The molecule has 0 radical (unpaired) electrons. The van der Waals surface area contributed by atoms with Gasteiger partial charge in [-0.3, -0.25) is 14.4 Å². The van der Waals surface area contributed by atoms with Crippen molar-refractivity contribution < 1.29 is 14.3 Å². The first-order valence-electron chi connectivity index (χ1n) is 15.6. The van der Waals surface area contributed by atoms with Gasteiger partial charge in [-0.2, -0.15) is 0 Å². The Morgan fingerprint density at radius 2 is 1.91 bits per heavy atom. The summed E-state index contributed by atoms with van der Waals surface area (Å²) in [6.07, 6.45) is 5.23. The standard InChI is InChI=1S/C36H45N5O3/c1-7-41-23-31(38-39-41)17-18-32(36(5,6)34(42)43-24-27-12-9-8-10-13-27)28-16-15-26(2)30(20-28)22-40-21-29-14-11-19-37-33(29)44-35(3,4)25-40/h8-16,19-20,23,32H,7,17-18,21-22,24-25H2,1-6H3. The van der Waals surface area contributed by atoms with Crippen molar-refractivity contribution in [3.8, 4) is 5.88 Å². The fraction of sp³-hybridized carbons (Fsp3) is 0.444. The Morgan fingerprint density at radius 3 is 2.66 bits per heavy atom. The fourth-order valence-corrected chi connectivity index (χ4v) is 6.09. The molecule has 44 heavy (non-hydrogen) atoms. The second-order valence-corrected chi connectivity index (χ2v) is 13.1. The molecule has 0 saturated heterocycles. The summed E-state index contributed by atoms with van der Waals surface area (Å²) in [5.41, 5.74) is 5.42. The average Bonchev–Trinajstić information content (AvgIpc) is 3.41. The number of hydrogen-bond donors (Lipinski definition) is 0. The number of carbonyl (C=O) groups is 1. The van der Waals surface area contributed by atoms with Gasteiger partial charge in [-0.05, 0) is 88.6 Å². The van der Waals surface area contributed by atoms with Gasteiger partial charge < -0.3 is 9.47 Å². The smallest absolute Gasteiger partial charge is 0.312 e. The van der Waals surface area contributed by atoms with Crippen molar-refractivity contribution in [3.63, 3.8) is 0 Å². The lowest BCUT2D eigenvalue weighted by Crippen LogP contribution is -2.40. The van der Waals surface area contributed by atoms with Gasteiger partial charge in [-0.15, -0.1) is 5.10 Å². The van der Waals surface area contributed by atoms with Gasteiger partial charge in [-0.25, -0.2) is 4.98 Å². The Morgan fingerprint density at radius 1 is 1.11 bits per heavy atom. The Labute approximate surface area is 261 Å². The van der Waals surface area contributed by atoms with E-state index in [1.807, 2.05) is 68.0 Å². The molecular weight excluding hydrogens is 550 g/mol. The molecule has 5 rings (SSSR count). The molecule has 0 saturated carbocycles. The van der Waals surface area contributed by atoms with E-state index in [0.29, 0.717) is 12.3 Å². The van der Waals surface area contributed by atoms with Crippen LogP contribution >= 0.6 is 0 Å². The maximum absolute atomic E-state index is 13.7. The molecule has 232 valence electrons. The van der Waals surface area contributed by atoms with Gasteiger partial charge in [0.1, 0.15) is 12.2 Å². The van der Waals surface area contributed by atoms with Crippen molar-refractivity contribution in [2.24, 2.45) is 5.41 Å². The number of esters is 1. The van der Waals surface area contributed by atoms with Crippen LogP contribution in [0.4, 0.5) is 0 Å². The second kappa shape index (κ2) is 13.3. The lowest BCUT2D eigenvalue weighted by Gasteiger charge is -2.34. The Bertz CT molecular complexity index is 1560.